The molecule has 2 aliphatic heterocycles. The van der Waals surface area contributed by atoms with Crippen LogP contribution in [0.3, 0.4) is 0 Å². The van der Waals surface area contributed by atoms with Gasteiger partial charge in [0, 0.05) is 10.6 Å². The summed E-state index contributed by atoms with van der Waals surface area (Å²) in [6.45, 7) is 1.89. The molecule has 0 aliphatic carbocycles. The van der Waals surface area contributed by atoms with Crippen molar-refractivity contribution in [3.05, 3.63) is 27.9 Å². The Kier molecular flexibility index (Phi) is 3.56. The first-order chi connectivity index (χ1) is 10.0. The van der Waals surface area contributed by atoms with Crippen molar-refractivity contribution in [2.24, 2.45) is 5.73 Å². The van der Waals surface area contributed by atoms with Crippen LogP contribution in [0.25, 0.3) is 6.08 Å². The predicted octanol–water partition coefficient (Wildman–Crippen LogP) is 0.441. The van der Waals surface area contributed by atoms with E-state index in [4.69, 9.17) is 5.73 Å². The maximum Gasteiger partial charge on any atom is 0.352 e. The number of hydrogen-bond donors (Lipinski definition) is 2. The Balaban J connectivity index is 1.95. The summed E-state index contributed by atoms with van der Waals surface area (Å²) < 4.78 is 3.82. The number of nitrogens with zero attached hydrogens (tertiary/aromatic N) is 3. The van der Waals surface area contributed by atoms with Gasteiger partial charge in [0.15, 0.2) is 0 Å². The largest absolute Gasteiger partial charge is 0.477 e. The zero-order chi connectivity index (χ0) is 15.1. The molecule has 0 saturated carbocycles. The molecule has 110 valence electrons. The average molecular weight is 324 g/mol. The molecular formula is C12H12N4O3S2. The summed E-state index contributed by atoms with van der Waals surface area (Å²) >= 11 is 2.75. The molecule has 0 aromatic carbocycles. The van der Waals surface area contributed by atoms with Crippen molar-refractivity contribution in [3.63, 3.8) is 0 Å². The number of rotatable bonds is 3. The van der Waals surface area contributed by atoms with Crippen molar-refractivity contribution in [2.45, 2.75) is 18.3 Å². The second-order valence-corrected chi connectivity index (χ2v) is 6.73. The molecule has 2 aliphatic rings. The minimum atomic E-state index is -1.12. The Morgan fingerprint density at radius 1 is 1.52 bits per heavy atom. The van der Waals surface area contributed by atoms with Crippen LogP contribution in [0.2, 0.25) is 0 Å². The third-order valence-corrected chi connectivity index (χ3v) is 5.34. The molecule has 1 unspecified atom stereocenters. The van der Waals surface area contributed by atoms with Crippen molar-refractivity contribution < 1.29 is 14.7 Å². The minimum absolute atomic E-state index is 0.0162. The molecule has 1 aromatic heterocycles. The van der Waals surface area contributed by atoms with Gasteiger partial charge in [-0.2, -0.15) is 0 Å². The van der Waals surface area contributed by atoms with E-state index >= 15 is 0 Å². The van der Waals surface area contributed by atoms with Crippen LogP contribution < -0.4 is 5.73 Å². The second kappa shape index (κ2) is 5.24. The number of aliphatic carboxylic acids is 1. The molecule has 1 amide bonds. The third kappa shape index (κ3) is 2.27. The van der Waals surface area contributed by atoms with Crippen LogP contribution in [-0.4, -0.2) is 48.6 Å². The van der Waals surface area contributed by atoms with Gasteiger partial charge in [-0.15, -0.1) is 16.9 Å². The Bertz CT molecular complexity index is 682. The highest BCUT2D eigenvalue weighted by molar-refractivity contribution is 8.00. The van der Waals surface area contributed by atoms with E-state index in [1.54, 1.807) is 12.2 Å². The smallest absolute Gasteiger partial charge is 0.352 e. The van der Waals surface area contributed by atoms with Crippen molar-refractivity contribution in [3.8, 4) is 0 Å². The number of carboxylic acids is 1. The number of allylic oxidation sites excluding steroid dienone is 1. The first-order valence-electron chi connectivity index (χ1n) is 6.14. The van der Waals surface area contributed by atoms with Crippen LogP contribution in [0.1, 0.15) is 10.6 Å². The number of β-lactam (4-membered cyclic amide) rings is 1. The van der Waals surface area contributed by atoms with Crippen LogP contribution in [0.15, 0.2) is 17.3 Å². The number of fused-ring (bicyclic) bond motifs is 1. The van der Waals surface area contributed by atoms with Crippen LogP contribution in [-0.2, 0) is 9.59 Å². The monoisotopic (exact) mass is 324 g/mol. The average Bonchev–Trinajstić information content (AvgIpc) is 2.88. The van der Waals surface area contributed by atoms with E-state index in [-0.39, 0.29) is 17.0 Å². The molecule has 21 heavy (non-hydrogen) atoms. The van der Waals surface area contributed by atoms with Crippen molar-refractivity contribution >= 4 is 41.2 Å². The van der Waals surface area contributed by atoms with Crippen LogP contribution in [0.4, 0.5) is 0 Å². The van der Waals surface area contributed by atoms with Gasteiger partial charge in [-0.05, 0) is 30.1 Å². The highest BCUT2D eigenvalue weighted by atomic mass is 32.2. The van der Waals surface area contributed by atoms with Crippen molar-refractivity contribution in [2.75, 3.05) is 5.75 Å². The number of aromatic nitrogens is 2. The molecule has 3 rings (SSSR count). The van der Waals surface area contributed by atoms with Crippen LogP contribution >= 0.6 is 23.3 Å². The van der Waals surface area contributed by atoms with Gasteiger partial charge < -0.3 is 10.8 Å². The lowest BCUT2D eigenvalue weighted by Gasteiger charge is -2.47. The Labute approximate surface area is 128 Å². The number of aryl methyl sites for hydroxylation is 1. The number of hydrogen-bond acceptors (Lipinski definition) is 7. The topological polar surface area (TPSA) is 109 Å². The number of thioether (sulfide) groups is 1. The van der Waals surface area contributed by atoms with Crippen LogP contribution in [0.5, 0.6) is 0 Å². The quantitative estimate of drug-likeness (QED) is 0.776. The van der Waals surface area contributed by atoms with Gasteiger partial charge in [-0.25, -0.2) is 4.79 Å². The van der Waals surface area contributed by atoms with Crippen molar-refractivity contribution in [1.29, 1.82) is 0 Å². The second-order valence-electron chi connectivity index (χ2n) is 4.66. The number of carboxylic acid groups (broad SMARTS) is 1. The Morgan fingerprint density at radius 3 is 2.90 bits per heavy atom. The molecule has 0 spiro atoms. The maximum atomic E-state index is 11.8. The maximum absolute atomic E-state index is 11.8. The number of carbonyl (C=O) groups excluding carboxylic acids is 1. The molecule has 0 bridgehead atoms. The molecule has 0 radical (unpaired) electrons. The van der Waals surface area contributed by atoms with Crippen LogP contribution in [0, 0.1) is 6.92 Å². The van der Waals surface area contributed by atoms with E-state index in [1.165, 1.54) is 28.2 Å². The molecule has 1 fully saturated rings. The number of nitrogens with two attached hydrogens (primary N) is 1. The molecule has 2 atom stereocenters. The summed E-state index contributed by atoms with van der Waals surface area (Å²) in [6.07, 6.45) is 3.41. The van der Waals surface area contributed by atoms with Crippen molar-refractivity contribution in [1.82, 2.24) is 14.5 Å². The van der Waals surface area contributed by atoms with Gasteiger partial charge in [0.05, 0.1) is 0 Å². The highest BCUT2D eigenvalue weighted by Gasteiger charge is 2.51. The predicted molar refractivity (Wildman–Crippen MR) is 79.4 cm³/mol. The molecule has 7 nitrogen and oxygen atoms in total. The summed E-state index contributed by atoms with van der Waals surface area (Å²) in [5, 5.41) is 13.1. The standard InChI is InChI=1S/C12H12N4O3S2/c1-5-7(14-15-21-5)3-2-6-4-20-11-8(13)10(17)16(11)9(6)12(18)19/h2-3,8,11H,4,13H2,1H3,(H,18,19)/b3-2-/t8?,11-/m1/s1. The molecule has 1 aromatic rings. The molecular weight excluding hydrogens is 312 g/mol. The fourth-order valence-corrected chi connectivity index (χ4v) is 3.96. The first kappa shape index (κ1) is 14.2. The van der Waals surface area contributed by atoms with Gasteiger partial charge in [0.2, 0.25) is 5.91 Å². The summed E-state index contributed by atoms with van der Waals surface area (Å²) in [4.78, 5) is 25.5. The van der Waals surface area contributed by atoms with Gasteiger partial charge in [0.25, 0.3) is 0 Å². The minimum Gasteiger partial charge on any atom is -0.477 e. The zero-order valence-electron chi connectivity index (χ0n) is 11.0. The van der Waals surface area contributed by atoms with E-state index < -0.39 is 12.0 Å². The van der Waals surface area contributed by atoms with E-state index in [0.717, 1.165) is 4.88 Å². The lowest BCUT2D eigenvalue weighted by molar-refractivity contribution is -0.147. The third-order valence-electron chi connectivity index (χ3n) is 3.37. The SMILES string of the molecule is Cc1snnc1/C=C\C1=C(C(=O)O)N2C(=O)C(N)[C@H]2SC1. The molecule has 3 heterocycles. The number of amides is 1. The summed E-state index contributed by atoms with van der Waals surface area (Å²) in [5.41, 5.74) is 6.99. The summed E-state index contributed by atoms with van der Waals surface area (Å²) in [5.74, 6) is -0.966. The lowest BCUT2D eigenvalue weighted by atomic mass is 10.0. The van der Waals surface area contributed by atoms with Gasteiger partial charge in [0.1, 0.15) is 22.8 Å². The highest BCUT2D eigenvalue weighted by Crippen LogP contribution is 2.39. The van der Waals surface area contributed by atoms with E-state index in [2.05, 4.69) is 9.59 Å². The normalized spacial score (nSPS) is 25.2. The Hall–Kier alpha value is -1.71. The number of carbonyl (C=O) groups is 2. The van der Waals surface area contributed by atoms with E-state index in [0.29, 0.717) is 17.0 Å². The summed E-state index contributed by atoms with van der Waals surface area (Å²) in [6, 6.07) is -0.611. The van der Waals surface area contributed by atoms with Gasteiger partial charge >= 0.3 is 5.97 Å². The lowest BCUT2D eigenvalue weighted by Crippen LogP contribution is -2.68. The first-order valence-corrected chi connectivity index (χ1v) is 7.96. The molecule has 1 saturated heterocycles. The van der Waals surface area contributed by atoms with E-state index in [1.807, 2.05) is 6.92 Å². The molecule has 9 heteroatoms. The molecule has 3 N–H and O–H groups in total. The summed E-state index contributed by atoms with van der Waals surface area (Å²) in [7, 11) is 0. The fraction of sp³-hybridized carbons (Fsp3) is 0.333. The van der Waals surface area contributed by atoms with Gasteiger partial charge in [-0.1, -0.05) is 10.6 Å². The fourth-order valence-electron chi connectivity index (χ4n) is 2.24. The van der Waals surface area contributed by atoms with E-state index in [9.17, 15) is 14.7 Å². The Morgan fingerprint density at radius 2 is 2.29 bits per heavy atom. The zero-order valence-corrected chi connectivity index (χ0v) is 12.6. The van der Waals surface area contributed by atoms with Gasteiger partial charge in [-0.3, -0.25) is 9.69 Å².